The fraction of sp³-hybridized carbons (Fsp3) is 0.167. The maximum Gasteiger partial charge on any atom is 0.231 e. The maximum atomic E-state index is 13.7. The number of para-hydroxylation sites is 1. The van der Waals surface area contributed by atoms with Crippen LogP contribution in [0.2, 0.25) is 0 Å². The normalized spacial score (nSPS) is 10.9. The molecule has 0 saturated heterocycles. The van der Waals surface area contributed by atoms with Gasteiger partial charge in [-0.25, -0.2) is 9.37 Å². The fourth-order valence-electron chi connectivity index (χ4n) is 3.60. The molecule has 0 atom stereocenters. The standard InChI is InChI=1S/C24H22FN3OS/c1-15-7-4-5-10-21(15)26-23(29)13-24-27-22(14-30-24)20-11-16(2)28(17(20)3)19-9-6-8-18(25)12-19/h4-12,14H,13H2,1-3H3,(H,26,29). The number of rotatable bonds is 5. The highest BCUT2D eigenvalue weighted by molar-refractivity contribution is 7.10. The van der Waals surface area contributed by atoms with Crippen molar-refractivity contribution in [2.75, 3.05) is 5.32 Å². The Hall–Kier alpha value is -3.25. The lowest BCUT2D eigenvalue weighted by Crippen LogP contribution is -2.14. The summed E-state index contributed by atoms with van der Waals surface area (Å²) in [5, 5.41) is 5.67. The van der Waals surface area contributed by atoms with E-state index < -0.39 is 0 Å². The van der Waals surface area contributed by atoms with E-state index in [1.54, 1.807) is 6.07 Å². The van der Waals surface area contributed by atoms with Gasteiger partial charge in [0.05, 0.1) is 12.1 Å². The Bertz CT molecular complexity index is 1220. The molecule has 0 aliphatic carbocycles. The first-order valence-electron chi connectivity index (χ1n) is 9.67. The predicted octanol–water partition coefficient (Wildman–Crippen LogP) is 5.85. The summed E-state index contributed by atoms with van der Waals surface area (Å²) in [6.07, 6.45) is 0.224. The molecule has 6 heteroatoms. The number of aryl methyl sites for hydroxylation is 2. The minimum Gasteiger partial charge on any atom is -0.325 e. The summed E-state index contributed by atoms with van der Waals surface area (Å²) in [4.78, 5) is 17.1. The van der Waals surface area contributed by atoms with Gasteiger partial charge >= 0.3 is 0 Å². The number of carbonyl (C=O) groups excluding carboxylic acids is 1. The van der Waals surface area contributed by atoms with Gasteiger partial charge in [-0.1, -0.05) is 24.3 Å². The Morgan fingerprint density at radius 2 is 1.90 bits per heavy atom. The summed E-state index contributed by atoms with van der Waals surface area (Å²) in [6.45, 7) is 5.95. The molecule has 4 nitrogen and oxygen atoms in total. The summed E-state index contributed by atoms with van der Waals surface area (Å²) in [5.74, 6) is -0.354. The third-order valence-electron chi connectivity index (χ3n) is 5.06. The van der Waals surface area contributed by atoms with Crippen LogP contribution < -0.4 is 5.32 Å². The van der Waals surface area contributed by atoms with E-state index in [1.807, 2.05) is 67.1 Å². The molecule has 2 aromatic carbocycles. The third kappa shape index (κ3) is 4.04. The van der Waals surface area contributed by atoms with Crippen molar-refractivity contribution in [3.05, 3.63) is 87.8 Å². The zero-order chi connectivity index (χ0) is 21.3. The van der Waals surface area contributed by atoms with E-state index in [0.29, 0.717) is 0 Å². The topological polar surface area (TPSA) is 46.9 Å². The van der Waals surface area contributed by atoms with E-state index >= 15 is 0 Å². The number of halogens is 1. The van der Waals surface area contributed by atoms with Crippen LogP contribution in [0.1, 0.15) is 22.0 Å². The van der Waals surface area contributed by atoms with Crippen molar-refractivity contribution < 1.29 is 9.18 Å². The van der Waals surface area contributed by atoms with Crippen molar-refractivity contribution in [1.82, 2.24) is 9.55 Å². The molecule has 2 aromatic heterocycles. The largest absolute Gasteiger partial charge is 0.325 e. The highest BCUT2D eigenvalue weighted by Gasteiger charge is 2.16. The van der Waals surface area contributed by atoms with E-state index in [0.717, 1.165) is 44.6 Å². The number of benzene rings is 2. The molecule has 4 aromatic rings. The Kier molecular flexibility index (Phi) is 5.50. The van der Waals surface area contributed by atoms with Crippen molar-refractivity contribution >= 4 is 22.9 Å². The molecule has 1 N–H and O–H groups in total. The molecule has 0 spiro atoms. The van der Waals surface area contributed by atoms with Crippen LogP contribution in [0.3, 0.4) is 0 Å². The molecule has 0 radical (unpaired) electrons. The SMILES string of the molecule is Cc1ccccc1NC(=O)Cc1nc(-c2cc(C)n(-c3cccc(F)c3)c2C)cs1. The molecule has 0 unspecified atom stereocenters. The van der Waals surface area contributed by atoms with E-state index in [-0.39, 0.29) is 18.1 Å². The summed E-state index contributed by atoms with van der Waals surface area (Å²) in [7, 11) is 0. The minimum absolute atomic E-state index is 0.0876. The molecule has 1 amide bonds. The molecular weight excluding hydrogens is 397 g/mol. The molecule has 0 aliphatic rings. The Morgan fingerprint density at radius 3 is 2.67 bits per heavy atom. The predicted molar refractivity (Wildman–Crippen MR) is 120 cm³/mol. The zero-order valence-electron chi connectivity index (χ0n) is 17.1. The number of aromatic nitrogens is 2. The van der Waals surface area contributed by atoms with Gasteiger partial charge in [-0.3, -0.25) is 4.79 Å². The average Bonchev–Trinajstić information content (AvgIpc) is 3.27. The second-order valence-corrected chi connectivity index (χ2v) is 8.21. The number of thiazole rings is 1. The Morgan fingerprint density at radius 1 is 1.10 bits per heavy atom. The van der Waals surface area contributed by atoms with Crippen molar-refractivity contribution in [1.29, 1.82) is 0 Å². The van der Waals surface area contributed by atoms with Gasteiger partial charge in [-0.05, 0) is 56.7 Å². The highest BCUT2D eigenvalue weighted by atomic mass is 32.1. The van der Waals surface area contributed by atoms with Crippen molar-refractivity contribution in [3.8, 4) is 16.9 Å². The lowest BCUT2D eigenvalue weighted by molar-refractivity contribution is -0.115. The third-order valence-corrected chi connectivity index (χ3v) is 5.90. The molecule has 0 saturated carbocycles. The van der Waals surface area contributed by atoms with Gasteiger partial charge in [0.15, 0.2) is 0 Å². The molecule has 0 bridgehead atoms. The van der Waals surface area contributed by atoms with Gasteiger partial charge in [0.2, 0.25) is 5.91 Å². The zero-order valence-corrected chi connectivity index (χ0v) is 17.9. The first-order valence-corrected chi connectivity index (χ1v) is 10.6. The van der Waals surface area contributed by atoms with Gasteiger partial charge in [0.25, 0.3) is 0 Å². The van der Waals surface area contributed by atoms with E-state index in [2.05, 4.69) is 10.3 Å². The van der Waals surface area contributed by atoms with Crippen molar-refractivity contribution in [2.45, 2.75) is 27.2 Å². The molecule has 0 fully saturated rings. The second kappa shape index (κ2) is 8.24. The van der Waals surface area contributed by atoms with Crippen molar-refractivity contribution in [3.63, 3.8) is 0 Å². The number of carbonyl (C=O) groups is 1. The van der Waals surface area contributed by atoms with Crippen LogP contribution in [0.5, 0.6) is 0 Å². The smallest absolute Gasteiger partial charge is 0.231 e. The van der Waals surface area contributed by atoms with Crippen LogP contribution in [0.4, 0.5) is 10.1 Å². The number of hydrogen-bond acceptors (Lipinski definition) is 3. The average molecular weight is 420 g/mol. The Balaban J connectivity index is 1.55. The monoisotopic (exact) mass is 419 g/mol. The van der Waals surface area contributed by atoms with Crippen LogP contribution >= 0.6 is 11.3 Å². The molecule has 2 heterocycles. The van der Waals surface area contributed by atoms with Crippen molar-refractivity contribution in [2.24, 2.45) is 0 Å². The first kappa shape index (κ1) is 20.0. The van der Waals surface area contributed by atoms with E-state index in [9.17, 15) is 9.18 Å². The maximum absolute atomic E-state index is 13.7. The fourth-order valence-corrected chi connectivity index (χ4v) is 4.39. The summed E-state index contributed by atoms with van der Waals surface area (Å²) >= 11 is 1.47. The minimum atomic E-state index is -0.267. The lowest BCUT2D eigenvalue weighted by Gasteiger charge is -2.09. The number of hydrogen-bond donors (Lipinski definition) is 1. The molecule has 30 heavy (non-hydrogen) atoms. The van der Waals surface area contributed by atoms with E-state index in [1.165, 1.54) is 23.5 Å². The molecule has 152 valence electrons. The quantitative estimate of drug-likeness (QED) is 0.441. The number of anilines is 1. The summed E-state index contributed by atoms with van der Waals surface area (Å²) < 4.78 is 15.7. The number of nitrogens with one attached hydrogen (secondary N) is 1. The number of amides is 1. The van der Waals surface area contributed by atoms with Gasteiger partial charge < -0.3 is 9.88 Å². The molecule has 0 aliphatic heterocycles. The van der Waals surface area contributed by atoms with Gasteiger partial charge in [-0.2, -0.15) is 0 Å². The van der Waals surface area contributed by atoms with Crippen LogP contribution in [0.15, 0.2) is 60.0 Å². The summed E-state index contributed by atoms with van der Waals surface area (Å²) in [5.41, 5.74) is 6.42. The van der Waals surface area contributed by atoms with Crippen LogP contribution in [-0.2, 0) is 11.2 Å². The van der Waals surface area contributed by atoms with Gasteiger partial charge in [-0.15, -0.1) is 11.3 Å². The highest BCUT2D eigenvalue weighted by Crippen LogP contribution is 2.30. The Labute approximate surface area is 179 Å². The number of nitrogens with zero attached hydrogens (tertiary/aromatic N) is 2. The lowest BCUT2D eigenvalue weighted by atomic mass is 10.2. The van der Waals surface area contributed by atoms with E-state index in [4.69, 9.17) is 0 Å². The van der Waals surface area contributed by atoms with Gasteiger partial charge in [0.1, 0.15) is 10.8 Å². The van der Waals surface area contributed by atoms with Crippen LogP contribution in [0.25, 0.3) is 16.9 Å². The first-order chi connectivity index (χ1) is 14.4. The second-order valence-electron chi connectivity index (χ2n) is 7.27. The summed E-state index contributed by atoms with van der Waals surface area (Å²) in [6, 6.07) is 16.3. The molecule has 4 rings (SSSR count). The van der Waals surface area contributed by atoms with Gasteiger partial charge in [0, 0.05) is 33.7 Å². The van der Waals surface area contributed by atoms with Crippen LogP contribution in [-0.4, -0.2) is 15.5 Å². The van der Waals surface area contributed by atoms with Crippen LogP contribution in [0, 0.1) is 26.6 Å². The molecular formula is C24H22FN3OS.